The lowest BCUT2D eigenvalue weighted by molar-refractivity contribution is -0.137. The predicted octanol–water partition coefficient (Wildman–Crippen LogP) is 4.09. The second-order valence-corrected chi connectivity index (χ2v) is 3.06. The summed E-state index contributed by atoms with van der Waals surface area (Å²) in [6, 6.07) is 7.59. The van der Waals surface area contributed by atoms with Crippen LogP contribution in [0.1, 0.15) is 5.56 Å². The monoisotopic (exact) mass is 228 g/mol. The second-order valence-electron chi connectivity index (χ2n) is 3.06. The lowest BCUT2D eigenvalue weighted by Gasteiger charge is -2.07. The summed E-state index contributed by atoms with van der Waals surface area (Å²) in [4.78, 5) is 0. The van der Waals surface area contributed by atoms with Gasteiger partial charge in [-0.3, -0.25) is 0 Å². The summed E-state index contributed by atoms with van der Waals surface area (Å²) in [5.41, 5.74) is -0.709. The van der Waals surface area contributed by atoms with Crippen LogP contribution in [0.15, 0.2) is 47.1 Å². The third-order valence-electron chi connectivity index (χ3n) is 1.90. The maximum atomic E-state index is 12.2. The molecule has 0 spiro atoms. The molecule has 1 heterocycles. The Morgan fingerprint density at radius 1 is 1.00 bits per heavy atom. The topological polar surface area (TPSA) is 22.4 Å². The summed E-state index contributed by atoms with van der Waals surface area (Å²) in [6.45, 7) is 0. The Labute approximate surface area is 89.3 Å². The van der Waals surface area contributed by atoms with E-state index in [2.05, 4.69) is 0 Å². The highest BCUT2D eigenvalue weighted by Crippen LogP contribution is 2.31. The zero-order valence-corrected chi connectivity index (χ0v) is 7.99. The van der Waals surface area contributed by atoms with E-state index in [0.717, 1.165) is 12.1 Å². The van der Waals surface area contributed by atoms with Crippen LogP contribution in [0, 0.1) is 0 Å². The Bertz CT molecular complexity index is 443. The summed E-state index contributed by atoms with van der Waals surface area (Å²) < 4.78 is 46.8. The van der Waals surface area contributed by atoms with Gasteiger partial charge in [-0.1, -0.05) is 0 Å². The molecule has 5 heteroatoms. The molecule has 16 heavy (non-hydrogen) atoms. The van der Waals surface area contributed by atoms with Crippen LogP contribution < -0.4 is 4.74 Å². The maximum Gasteiger partial charge on any atom is 0.416 e. The van der Waals surface area contributed by atoms with Crippen LogP contribution in [0.4, 0.5) is 13.2 Å². The van der Waals surface area contributed by atoms with E-state index >= 15 is 0 Å². The molecule has 84 valence electrons. The van der Waals surface area contributed by atoms with Gasteiger partial charge in [-0.25, -0.2) is 0 Å². The van der Waals surface area contributed by atoms with E-state index in [9.17, 15) is 13.2 Å². The molecule has 0 aliphatic rings. The molecule has 0 aliphatic carbocycles. The van der Waals surface area contributed by atoms with Crippen molar-refractivity contribution in [1.82, 2.24) is 0 Å². The van der Waals surface area contributed by atoms with Gasteiger partial charge in [-0.05, 0) is 30.3 Å². The fourth-order valence-corrected chi connectivity index (χ4v) is 1.15. The van der Waals surface area contributed by atoms with E-state index in [-0.39, 0.29) is 5.95 Å². The van der Waals surface area contributed by atoms with E-state index in [1.807, 2.05) is 0 Å². The van der Waals surface area contributed by atoms with Gasteiger partial charge < -0.3 is 9.15 Å². The number of hydrogen-bond acceptors (Lipinski definition) is 2. The van der Waals surface area contributed by atoms with Gasteiger partial charge in [0.1, 0.15) is 5.75 Å². The maximum absolute atomic E-state index is 12.2. The highest BCUT2D eigenvalue weighted by Gasteiger charge is 2.30. The molecular weight excluding hydrogens is 221 g/mol. The number of furan rings is 1. The van der Waals surface area contributed by atoms with Crippen LogP contribution >= 0.6 is 0 Å². The minimum absolute atomic E-state index is 0.236. The zero-order valence-electron chi connectivity index (χ0n) is 7.99. The number of benzene rings is 1. The van der Waals surface area contributed by atoms with Crippen molar-refractivity contribution in [1.29, 1.82) is 0 Å². The molecule has 0 radical (unpaired) electrons. The van der Waals surface area contributed by atoms with Gasteiger partial charge in [-0.15, -0.1) is 0 Å². The molecule has 0 bridgehead atoms. The Hall–Kier alpha value is -1.91. The molecule has 0 unspecified atom stereocenters. The van der Waals surface area contributed by atoms with Gasteiger partial charge >= 0.3 is 6.18 Å². The normalized spacial score (nSPS) is 11.4. The third kappa shape index (κ3) is 2.36. The van der Waals surface area contributed by atoms with E-state index < -0.39 is 11.7 Å². The van der Waals surface area contributed by atoms with Crippen LogP contribution in [0.25, 0.3) is 0 Å². The van der Waals surface area contributed by atoms with Crippen molar-refractivity contribution in [2.24, 2.45) is 0 Å². The Kier molecular flexibility index (Phi) is 2.60. The van der Waals surface area contributed by atoms with Gasteiger partial charge in [0.25, 0.3) is 5.95 Å². The lowest BCUT2D eigenvalue weighted by Crippen LogP contribution is -2.03. The SMILES string of the molecule is FC(F)(F)c1ccc(Oc2ccco2)cc1. The van der Waals surface area contributed by atoms with Crippen molar-refractivity contribution in [3.8, 4) is 11.7 Å². The molecule has 0 saturated heterocycles. The van der Waals surface area contributed by atoms with Gasteiger partial charge in [0.15, 0.2) is 0 Å². The van der Waals surface area contributed by atoms with Crippen LogP contribution in [-0.4, -0.2) is 0 Å². The fraction of sp³-hybridized carbons (Fsp3) is 0.0909. The van der Waals surface area contributed by atoms with E-state index in [4.69, 9.17) is 9.15 Å². The van der Waals surface area contributed by atoms with Crippen molar-refractivity contribution >= 4 is 0 Å². The number of halogens is 3. The average Bonchev–Trinajstić information content (AvgIpc) is 2.70. The van der Waals surface area contributed by atoms with Gasteiger partial charge in [-0.2, -0.15) is 13.2 Å². The van der Waals surface area contributed by atoms with Crippen LogP contribution in [0.5, 0.6) is 11.7 Å². The van der Waals surface area contributed by atoms with Gasteiger partial charge in [0, 0.05) is 6.07 Å². The largest absolute Gasteiger partial charge is 0.434 e. The first kappa shape index (κ1) is 10.6. The Morgan fingerprint density at radius 2 is 1.69 bits per heavy atom. The highest BCUT2D eigenvalue weighted by molar-refractivity contribution is 5.31. The predicted molar refractivity (Wildman–Crippen MR) is 50.2 cm³/mol. The molecule has 2 aromatic rings. The van der Waals surface area contributed by atoms with Crippen molar-refractivity contribution in [2.75, 3.05) is 0 Å². The first-order chi connectivity index (χ1) is 7.55. The standard InChI is InChI=1S/C11H7F3O2/c12-11(13,14)8-3-5-9(6-4-8)16-10-2-1-7-15-10/h1-7H. The van der Waals surface area contributed by atoms with E-state index in [1.54, 1.807) is 12.1 Å². The van der Waals surface area contributed by atoms with Crippen molar-refractivity contribution in [2.45, 2.75) is 6.18 Å². The number of rotatable bonds is 2. The molecule has 0 saturated carbocycles. The summed E-state index contributed by atoms with van der Waals surface area (Å²) >= 11 is 0. The molecule has 2 nitrogen and oxygen atoms in total. The van der Waals surface area contributed by atoms with Crippen LogP contribution in [0.3, 0.4) is 0 Å². The fourth-order valence-electron chi connectivity index (χ4n) is 1.15. The minimum Gasteiger partial charge on any atom is -0.434 e. The van der Waals surface area contributed by atoms with E-state index in [0.29, 0.717) is 5.75 Å². The molecule has 1 aromatic heterocycles. The molecule has 0 N–H and O–H groups in total. The number of ether oxygens (including phenoxy) is 1. The number of alkyl halides is 3. The molecule has 2 rings (SSSR count). The van der Waals surface area contributed by atoms with Crippen LogP contribution in [0.2, 0.25) is 0 Å². The first-order valence-corrected chi connectivity index (χ1v) is 4.44. The minimum atomic E-state index is -4.33. The summed E-state index contributed by atoms with van der Waals surface area (Å²) in [5, 5.41) is 0. The van der Waals surface area contributed by atoms with Crippen molar-refractivity contribution in [3.63, 3.8) is 0 Å². The summed E-state index contributed by atoms with van der Waals surface area (Å²) in [6.07, 6.45) is -2.91. The lowest BCUT2D eigenvalue weighted by atomic mass is 10.2. The molecule has 0 atom stereocenters. The van der Waals surface area contributed by atoms with Crippen molar-refractivity contribution in [3.05, 3.63) is 48.2 Å². The first-order valence-electron chi connectivity index (χ1n) is 4.44. The zero-order chi connectivity index (χ0) is 11.6. The summed E-state index contributed by atoms with van der Waals surface area (Å²) in [7, 11) is 0. The quantitative estimate of drug-likeness (QED) is 0.772. The van der Waals surface area contributed by atoms with Crippen LogP contribution in [-0.2, 0) is 6.18 Å². The average molecular weight is 228 g/mol. The second kappa shape index (κ2) is 3.92. The van der Waals surface area contributed by atoms with E-state index in [1.165, 1.54) is 18.4 Å². The molecule has 1 aromatic carbocycles. The van der Waals surface area contributed by atoms with Gasteiger partial charge in [0.05, 0.1) is 11.8 Å². The highest BCUT2D eigenvalue weighted by atomic mass is 19.4. The molecular formula is C11H7F3O2. The summed E-state index contributed by atoms with van der Waals surface area (Å²) in [5.74, 6) is 0.530. The molecule has 0 aliphatic heterocycles. The third-order valence-corrected chi connectivity index (χ3v) is 1.90. The Morgan fingerprint density at radius 3 is 2.19 bits per heavy atom. The van der Waals surface area contributed by atoms with Crippen molar-refractivity contribution < 1.29 is 22.3 Å². The molecule has 0 fully saturated rings. The van der Waals surface area contributed by atoms with Gasteiger partial charge in [0.2, 0.25) is 0 Å². The molecule has 0 amide bonds. The Balaban J connectivity index is 2.14. The number of hydrogen-bond donors (Lipinski definition) is 0. The smallest absolute Gasteiger partial charge is 0.416 e.